The largest absolute Gasteiger partial charge is 0.291 e. The van der Waals surface area contributed by atoms with Crippen molar-refractivity contribution in [2.45, 2.75) is 19.4 Å². The molecular weight excluding hydrogens is 116 g/mol. The number of carbonyl (C=O) groups excluding carboxylic acids is 1. The second-order valence-electron chi connectivity index (χ2n) is 1.87. The molecule has 48 valence electrons. The van der Waals surface area contributed by atoms with Crippen molar-refractivity contribution in [1.29, 1.82) is 0 Å². The molecule has 1 atom stereocenters. The normalized spacial score (nSPS) is 25.0. The first-order valence-electron chi connectivity index (χ1n) is 2.93. The van der Waals surface area contributed by atoms with Gasteiger partial charge in [-0.15, -0.1) is 0 Å². The van der Waals surface area contributed by atoms with E-state index in [1.54, 1.807) is 0 Å². The summed E-state index contributed by atoms with van der Waals surface area (Å²) in [5.74, 6) is 0.0139. The molecule has 0 spiro atoms. The molecule has 1 aliphatic rings. The van der Waals surface area contributed by atoms with Crippen LogP contribution in [-0.2, 0) is 4.79 Å². The van der Waals surface area contributed by atoms with E-state index in [-0.39, 0.29) is 11.8 Å². The van der Waals surface area contributed by atoms with Crippen molar-refractivity contribution in [1.82, 2.24) is 0 Å². The van der Waals surface area contributed by atoms with Crippen molar-refractivity contribution >= 4 is 18.3 Å². The molecule has 0 saturated carbocycles. The molecule has 0 saturated heterocycles. The van der Waals surface area contributed by atoms with Crippen LogP contribution in [0.25, 0.3) is 0 Å². The molecule has 3 heteroatoms. The maximum Gasteiger partial charge on any atom is 0.198 e. The molecule has 0 N–H and O–H groups in total. The van der Waals surface area contributed by atoms with Crippen LogP contribution in [0, 0.1) is 0 Å². The standard InChI is InChI=1S/C6H8N2O/c1-2-5-6(9)3-7-4-8-5/h3-5H,2H2,1H3. The zero-order chi connectivity index (χ0) is 6.69. The minimum atomic E-state index is -0.164. The molecule has 1 heterocycles. The first-order valence-corrected chi connectivity index (χ1v) is 2.93. The maximum absolute atomic E-state index is 10.8. The van der Waals surface area contributed by atoms with E-state index in [1.807, 2.05) is 6.92 Å². The molecule has 0 bridgehead atoms. The van der Waals surface area contributed by atoms with Crippen molar-refractivity contribution in [2.24, 2.45) is 9.98 Å². The summed E-state index contributed by atoms with van der Waals surface area (Å²) in [6, 6.07) is -0.164. The second-order valence-corrected chi connectivity index (χ2v) is 1.87. The summed E-state index contributed by atoms with van der Waals surface area (Å²) in [7, 11) is 0. The van der Waals surface area contributed by atoms with Crippen LogP contribution in [0.1, 0.15) is 13.3 Å². The quantitative estimate of drug-likeness (QED) is 0.500. The molecule has 0 radical (unpaired) electrons. The fourth-order valence-corrected chi connectivity index (χ4v) is 0.692. The van der Waals surface area contributed by atoms with Gasteiger partial charge in [0.1, 0.15) is 12.4 Å². The van der Waals surface area contributed by atoms with Crippen LogP contribution in [0.15, 0.2) is 9.98 Å². The molecule has 3 nitrogen and oxygen atoms in total. The molecule has 0 aromatic rings. The lowest BCUT2D eigenvalue weighted by Gasteiger charge is -2.05. The number of Topliss-reactive ketones (excluding diaryl/α,β-unsaturated/α-hetero) is 1. The number of carbonyl (C=O) groups is 1. The Bertz CT molecular complexity index is 172. The van der Waals surface area contributed by atoms with Crippen molar-refractivity contribution in [3.63, 3.8) is 0 Å². The monoisotopic (exact) mass is 124 g/mol. The van der Waals surface area contributed by atoms with Gasteiger partial charge in [-0.3, -0.25) is 9.79 Å². The summed E-state index contributed by atoms with van der Waals surface area (Å²) in [6.07, 6.45) is 3.51. The summed E-state index contributed by atoms with van der Waals surface area (Å²) in [5.41, 5.74) is 0. The highest BCUT2D eigenvalue weighted by atomic mass is 16.1. The van der Waals surface area contributed by atoms with E-state index >= 15 is 0 Å². The van der Waals surface area contributed by atoms with Crippen LogP contribution in [0.4, 0.5) is 0 Å². The van der Waals surface area contributed by atoms with Gasteiger partial charge >= 0.3 is 0 Å². The maximum atomic E-state index is 10.8. The van der Waals surface area contributed by atoms with E-state index < -0.39 is 0 Å². The van der Waals surface area contributed by atoms with E-state index in [1.165, 1.54) is 12.6 Å². The number of ketones is 1. The summed E-state index contributed by atoms with van der Waals surface area (Å²) in [5, 5.41) is 0. The Balaban J connectivity index is 2.66. The Labute approximate surface area is 53.5 Å². The third-order valence-electron chi connectivity index (χ3n) is 1.23. The SMILES string of the molecule is CCC1N=CN=CC1=O. The molecule has 0 aromatic heterocycles. The van der Waals surface area contributed by atoms with Gasteiger partial charge in [0, 0.05) is 0 Å². The molecule has 0 amide bonds. The molecule has 1 aliphatic heterocycles. The summed E-state index contributed by atoms with van der Waals surface area (Å²) in [6.45, 7) is 1.93. The van der Waals surface area contributed by atoms with Gasteiger partial charge in [0.05, 0.1) is 6.21 Å². The van der Waals surface area contributed by atoms with Gasteiger partial charge in [-0.25, -0.2) is 4.99 Å². The second kappa shape index (κ2) is 2.53. The van der Waals surface area contributed by atoms with Crippen LogP contribution >= 0.6 is 0 Å². The zero-order valence-electron chi connectivity index (χ0n) is 5.24. The van der Waals surface area contributed by atoms with E-state index in [0.29, 0.717) is 0 Å². The van der Waals surface area contributed by atoms with E-state index in [2.05, 4.69) is 9.98 Å². The topological polar surface area (TPSA) is 41.8 Å². The lowest BCUT2D eigenvalue weighted by atomic mass is 10.1. The first kappa shape index (κ1) is 6.13. The van der Waals surface area contributed by atoms with Crippen LogP contribution in [-0.4, -0.2) is 24.4 Å². The lowest BCUT2D eigenvalue weighted by Crippen LogP contribution is -2.21. The Hall–Kier alpha value is -0.990. The first-order chi connectivity index (χ1) is 4.34. The molecule has 1 unspecified atom stereocenters. The van der Waals surface area contributed by atoms with E-state index in [9.17, 15) is 4.79 Å². The van der Waals surface area contributed by atoms with Gasteiger partial charge in [-0.05, 0) is 6.42 Å². The molecule has 9 heavy (non-hydrogen) atoms. The van der Waals surface area contributed by atoms with E-state index in [4.69, 9.17) is 0 Å². The number of rotatable bonds is 1. The number of aliphatic imine (C=N–C) groups is 2. The zero-order valence-corrected chi connectivity index (χ0v) is 5.24. The third-order valence-corrected chi connectivity index (χ3v) is 1.23. The third kappa shape index (κ3) is 1.22. The minimum Gasteiger partial charge on any atom is -0.291 e. The Morgan fingerprint density at radius 1 is 1.78 bits per heavy atom. The van der Waals surface area contributed by atoms with Gasteiger partial charge in [0.15, 0.2) is 5.78 Å². The van der Waals surface area contributed by atoms with Gasteiger partial charge in [-0.1, -0.05) is 6.92 Å². The highest BCUT2D eigenvalue weighted by Gasteiger charge is 2.13. The average Bonchev–Trinajstić information content (AvgIpc) is 1.89. The highest BCUT2D eigenvalue weighted by molar-refractivity contribution is 6.32. The predicted molar refractivity (Wildman–Crippen MR) is 36.1 cm³/mol. The molecular formula is C6H8N2O. The molecule has 0 fully saturated rings. The number of hydrogen-bond donors (Lipinski definition) is 0. The van der Waals surface area contributed by atoms with Crippen LogP contribution in [0.5, 0.6) is 0 Å². The van der Waals surface area contributed by atoms with Crippen LogP contribution in [0.2, 0.25) is 0 Å². The van der Waals surface area contributed by atoms with Crippen molar-refractivity contribution < 1.29 is 4.79 Å². The van der Waals surface area contributed by atoms with Crippen LogP contribution in [0.3, 0.4) is 0 Å². The Morgan fingerprint density at radius 3 is 3.00 bits per heavy atom. The fourth-order valence-electron chi connectivity index (χ4n) is 0.692. The van der Waals surface area contributed by atoms with Crippen molar-refractivity contribution in [2.75, 3.05) is 0 Å². The van der Waals surface area contributed by atoms with Crippen molar-refractivity contribution in [3.05, 3.63) is 0 Å². The number of hydrogen-bond acceptors (Lipinski definition) is 3. The van der Waals surface area contributed by atoms with Crippen molar-refractivity contribution in [3.8, 4) is 0 Å². The lowest BCUT2D eigenvalue weighted by molar-refractivity contribution is -0.113. The predicted octanol–water partition coefficient (Wildman–Crippen LogP) is 0.447. The van der Waals surface area contributed by atoms with Crippen LogP contribution < -0.4 is 0 Å². The number of nitrogens with zero attached hydrogens (tertiary/aromatic N) is 2. The fraction of sp³-hybridized carbons (Fsp3) is 0.500. The Kier molecular flexibility index (Phi) is 1.72. The molecule has 0 aliphatic carbocycles. The highest BCUT2D eigenvalue weighted by Crippen LogP contribution is 1.99. The minimum absolute atomic E-state index is 0.0139. The molecule has 1 rings (SSSR count). The van der Waals surface area contributed by atoms with Gasteiger partial charge in [0.2, 0.25) is 0 Å². The average molecular weight is 124 g/mol. The molecule has 0 aromatic carbocycles. The van der Waals surface area contributed by atoms with Gasteiger partial charge in [0.25, 0.3) is 0 Å². The van der Waals surface area contributed by atoms with Gasteiger partial charge < -0.3 is 0 Å². The Morgan fingerprint density at radius 2 is 2.56 bits per heavy atom. The smallest absolute Gasteiger partial charge is 0.198 e. The summed E-state index contributed by atoms with van der Waals surface area (Å²) in [4.78, 5) is 18.2. The summed E-state index contributed by atoms with van der Waals surface area (Å²) < 4.78 is 0. The van der Waals surface area contributed by atoms with Gasteiger partial charge in [-0.2, -0.15) is 0 Å². The summed E-state index contributed by atoms with van der Waals surface area (Å²) >= 11 is 0. The van der Waals surface area contributed by atoms with E-state index in [0.717, 1.165) is 6.42 Å².